The number of hydrogen-bond acceptors (Lipinski definition) is 3. The normalized spacial score (nSPS) is 17.3. The van der Waals surface area contributed by atoms with Gasteiger partial charge in [-0.05, 0) is 43.4 Å². The van der Waals surface area contributed by atoms with Crippen LogP contribution in [0.15, 0.2) is 18.2 Å². The molecule has 0 aromatic heterocycles. The first-order chi connectivity index (χ1) is 10.6. The molecule has 2 atom stereocenters. The monoisotopic (exact) mass is 327 g/mol. The van der Waals surface area contributed by atoms with Crippen molar-refractivity contribution in [2.24, 2.45) is 5.92 Å². The Labute approximate surface area is 135 Å². The topological polar surface area (TPSA) is 44.3 Å². The lowest BCUT2D eigenvalue weighted by atomic mass is 10.1. The molecule has 1 aliphatic carbocycles. The zero-order valence-electron chi connectivity index (χ0n) is 13.4. The molecule has 0 spiro atoms. The van der Waals surface area contributed by atoms with E-state index in [0.717, 1.165) is 30.7 Å². The van der Waals surface area contributed by atoms with Crippen molar-refractivity contribution < 1.29 is 13.7 Å². The predicted molar refractivity (Wildman–Crippen MR) is 88.7 cm³/mol. The lowest BCUT2D eigenvalue weighted by molar-refractivity contribution is 0.287. The summed E-state index contributed by atoms with van der Waals surface area (Å²) in [7, 11) is 0. The van der Waals surface area contributed by atoms with Gasteiger partial charge in [0.2, 0.25) is 0 Å². The van der Waals surface area contributed by atoms with Crippen LogP contribution in [0.3, 0.4) is 0 Å². The predicted octanol–water partition coefficient (Wildman–Crippen LogP) is 4.12. The quantitative estimate of drug-likeness (QED) is 0.658. The van der Waals surface area contributed by atoms with E-state index >= 15 is 0 Å². The van der Waals surface area contributed by atoms with Crippen molar-refractivity contribution in [3.05, 3.63) is 29.6 Å². The second-order valence-corrected chi connectivity index (χ2v) is 7.35. The highest BCUT2D eigenvalue weighted by Gasteiger charge is 2.21. The third-order valence-corrected chi connectivity index (χ3v) is 5.20. The Morgan fingerprint density at radius 1 is 1.45 bits per heavy atom. The van der Waals surface area contributed by atoms with Gasteiger partial charge in [-0.2, -0.15) is 0 Å². The van der Waals surface area contributed by atoms with Gasteiger partial charge in [-0.3, -0.25) is 0 Å². The van der Waals surface area contributed by atoms with Gasteiger partial charge in [-0.15, -0.1) is 4.72 Å². The summed E-state index contributed by atoms with van der Waals surface area (Å²) in [6.07, 6.45) is 5.51. The summed E-state index contributed by atoms with van der Waals surface area (Å²) in [5, 5.41) is 0. The Balaban J connectivity index is 1.88. The Hall–Kier alpha value is -0.780. The number of nitrogens with one attached hydrogen (secondary N) is 1. The van der Waals surface area contributed by atoms with Crippen molar-refractivity contribution in [3.8, 4) is 5.75 Å². The minimum atomic E-state index is -1.05. The van der Waals surface area contributed by atoms with Crippen molar-refractivity contribution in [1.29, 1.82) is 0 Å². The molecule has 2 rings (SSSR count). The number of ether oxygens (including phenoxy) is 1. The first-order valence-electron chi connectivity index (χ1n) is 8.17. The van der Waals surface area contributed by atoms with Gasteiger partial charge in [-0.25, -0.2) is 4.39 Å². The van der Waals surface area contributed by atoms with Crippen molar-refractivity contribution in [2.75, 3.05) is 12.4 Å². The van der Waals surface area contributed by atoms with E-state index < -0.39 is 11.4 Å². The Morgan fingerprint density at radius 2 is 2.23 bits per heavy atom. The van der Waals surface area contributed by atoms with Gasteiger partial charge in [0.15, 0.2) is 11.6 Å². The highest BCUT2D eigenvalue weighted by molar-refractivity contribution is 7.89. The fourth-order valence-electron chi connectivity index (χ4n) is 2.24. The molecule has 0 heterocycles. The van der Waals surface area contributed by atoms with Crippen LogP contribution in [-0.2, 0) is 11.4 Å². The van der Waals surface area contributed by atoms with E-state index in [1.807, 2.05) is 6.92 Å². The molecule has 1 aromatic carbocycles. The molecule has 124 valence electrons. The maximum atomic E-state index is 13.8. The average Bonchev–Trinajstić information content (AvgIpc) is 3.31. The summed E-state index contributed by atoms with van der Waals surface area (Å²) in [5.41, 5.74) is 0.896. The van der Waals surface area contributed by atoms with E-state index in [1.165, 1.54) is 18.9 Å². The van der Waals surface area contributed by atoms with Crippen molar-refractivity contribution >= 4 is 11.4 Å². The van der Waals surface area contributed by atoms with Gasteiger partial charge in [0, 0.05) is 11.4 Å². The smallest absolute Gasteiger partial charge is 0.165 e. The van der Waals surface area contributed by atoms with Gasteiger partial charge in [0.25, 0.3) is 0 Å². The van der Waals surface area contributed by atoms with Crippen LogP contribution in [0.1, 0.15) is 57.6 Å². The van der Waals surface area contributed by atoms with Crippen molar-refractivity contribution in [3.63, 3.8) is 0 Å². The maximum absolute atomic E-state index is 13.8. The second kappa shape index (κ2) is 8.75. The zero-order chi connectivity index (χ0) is 15.9. The minimum absolute atomic E-state index is 0.0935. The fraction of sp³-hybridized carbons (Fsp3) is 0.647. The minimum Gasteiger partial charge on any atom is -0.598 e. The molecule has 0 aliphatic heterocycles. The van der Waals surface area contributed by atoms with E-state index in [-0.39, 0.29) is 11.9 Å². The molecule has 0 unspecified atom stereocenters. The first-order valence-corrected chi connectivity index (χ1v) is 9.48. The highest BCUT2D eigenvalue weighted by atomic mass is 32.2. The summed E-state index contributed by atoms with van der Waals surface area (Å²) < 4.78 is 34.3. The Morgan fingerprint density at radius 3 is 2.91 bits per heavy atom. The molecule has 1 fully saturated rings. The van der Waals surface area contributed by atoms with Crippen LogP contribution in [0.2, 0.25) is 0 Å². The molecule has 1 saturated carbocycles. The molecule has 0 bridgehead atoms. The van der Waals surface area contributed by atoms with Crippen LogP contribution in [0.25, 0.3) is 0 Å². The van der Waals surface area contributed by atoms with E-state index in [0.29, 0.717) is 18.1 Å². The molecule has 0 radical (unpaired) electrons. The molecule has 3 nitrogen and oxygen atoms in total. The molecule has 0 saturated heterocycles. The number of rotatable bonds is 10. The molecule has 22 heavy (non-hydrogen) atoms. The summed E-state index contributed by atoms with van der Waals surface area (Å²) in [6.45, 7) is 4.58. The standard InChI is InChI=1S/C17H26FNO2S/c1-3-4-11-22(20)19-13(2)15-7-8-16(18)17(12-15)21-10-9-14-5-6-14/h7-8,12-14,19H,3-6,9-11H2,1-2H3/t13-,22-/m0/s1. The van der Waals surface area contributed by atoms with Crippen LogP contribution in [0, 0.1) is 11.7 Å². The lowest BCUT2D eigenvalue weighted by Gasteiger charge is -2.18. The number of halogens is 1. The van der Waals surface area contributed by atoms with Gasteiger partial charge in [0.05, 0.1) is 12.6 Å². The Kier molecular flexibility index (Phi) is 6.99. The first kappa shape index (κ1) is 17.6. The van der Waals surface area contributed by atoms with Crippen LogP contribution in [-0.4, -0.2) is 16.9 Å². The Bertz CT molecular complexity index is 468. The van der Waals surface area contributed by atoms with E-state index in [1.54, 1.807) is 12.1 Å². The largest absolute Gasteiger partial charge is 0.598 e. The van der Waals surface area contributed by atoms with Crippen molar-refractivity contribution in [1.82, 2.24) is 4.72 Å². The summed E-state index contributed by atoms with van der Waals surface area (Å²) in [6, 6.07) is 4.77. The molecule has 5 heteroatoms. The summed E-state index contributed by atoms with van der Waals surface area (Å²) in [4.78, 5) is 0. The maximum Gasteiger partial charge on any atom is 0.165 e. The molecular formula is C17H26FNO2S. The molecular weight excluding hydrogens is 301 g/mol. The molecule has 1 N–H and O–H groups in total. The van der Waals surface area contributed by atoms with Crippen LogP contribution in [0.4, 0.5) is 4.39 Å². The van der Waals surface area contributed by atoms with E-state index in [2.05, 4.69) is 11.6 Å². The van der Waals surface area contributed by atoms with Crippen LogP contribution < -0.4 is 9.46 Å². The summed E-state index contributed by atoms with van der Waals surface area (Å²) >= 11 is -1.05. The SMILES string of the molecule is CCCC[S@+]([O-])N[C@@H](C)c1ccc(F)c(OCCC2CC2)c1. The number of benzene rings is 1. The average molecular weight is 327 g/mol. The second-order valence-electron chi connectivity index (χ2n) is 6.01. The number of hydrogen-bond donors (Lipinski definition) is 1. The van der Waals surface area contributed by atoms with Gasteiger partial charge >= 0.3 is 0 Å². The third kappa shape index (κ3) is 5.78. The van der Waals surface area contributed by atoms with Crippen molar-refractivity contribution in [2.45, 2.75) is 52.0 Å². The zero-order valence-corrected chi connectivity index (χ0v) is 14.3. The fourth-order valence-corrected chi connectivity index (χ4v) is 3.44. The van der Waals surface area contributed by atoms with Crippen LogP contribution >= 0.6 is 0 Å². The van der Waals surface area contributed by atoms with E-state index in [4.69, 9.17) is 4.74 Å². The van der Waals surface area contributed by atoms with Crippen LogP contribution in [0.5, 0.6) is 5.75 Å². The third-order valence-electron chi connectivity index (χ3n) is 3.93. The summed E-state index contributed by atoms with van der Waals surface area (Å²) in [5.74, 6) is 1.38. The van der Waals surface area contributed by atoms with E-state index in [9.17, 15) is 8.94 Å². The van der Waals surface area contributed by atoms with Gasteiger partial charge < -0.3 is 9.29 Å². The number of unbranched alkanes of at least 4 members (excludes halogenated alkanes) is 1. The molecule has 1 aliphatic rings. The lowest BCUT2D eigenvalue weighted by Crippen LogP contribution is -2.29. The molecule has 0 amide bonds. The van der Waals surface area contributed by atoms with Gasteiger partial charge in [-0.1, -0.05) is 32.3 Å². The molecule has 1 aromatic rings. The highest BCUT2D eigenvalue weighted by Crippen LogP contribution is 2.32. The van der Waals surface area contributed by atoms with Gasteiger partial charge in [0.1, 0.15) is 5.75 Å².